The Kier molecular flexibility index (Phi) is 7.09. The molecule has 1 aromatic carbocycles. The van der Waals surface area contributed by atoms with Crippen molar-refractivity contribution in [3.05, 3.63) is 35.9 Å². The summed E-state index contributed by atoms with van der Waals surface area (Å²) >= 11 is 0. The highest BCUT2D eigenvalue weighted by molar-refractivity contribution is 5.14. The van der Waals surface area contributed by atoms with Crippen LogP contribution in [-0.2, 0) is 11.2 Å². The van der Waals surface area contributed by atoms with Gasteiger partial charge in [0.25, 0.3) is 0 Å². The van der Waals surface area contributed by atoms with E-state index in [1.54, 1.807) is 0 Å². The van der Waals surface area contributed by atoms with E-state index in [-0.39, 0.29) is 6.10 Å². The van der Waals surface area contributed by atoms with Crippen molar-refractivity contribution in [2.24, 2.45) is 0 Å². The lowest BCUT2D eigenvalue weighted by Crippen LogP contribution is -2.47. The molecule has 1 unspecified atom stereocenters. The predicted molar refractivity (Wildman–Crippen MR) is 97.2 cm³/mol. The standard InChI is InChI=1S/C20H32N2O2/c23-20(16-21-12-14-24-15-13-21)17-22(19-8-4-5-9-19)11-10-18-6-2-1-3-7-18/h1-3,6-7,19-20,23H,4-5,8-17H2. The Bertz CT molecular complexity index is 456. The van der Waals surface area contributed by atoms with Crippen LogP contribution in [0.5, 0.6) is 0 Å². The second kappa shape index (κ2) is 9.52. The van der Waals surface area contributed by atoms with E-state index in [4.69, 9.17) is 4.74 Å². The Hall–Kier alpha value is -0.940. The number of β-amino-alcohol motifs (C(OH)–C–C–N with tert-alkyl or cyclic N) is 1. The molecule has 1 aliphatic carbocycles. The van der Waals surface area contributed by atoms with Gasteiger partial charge in [-0.3, -0.25) is 9.80 Å². The van der Waals surface area contributed by atoms with Gasteiger partial charge < -0.3 is 9.84 Å². The van der Waals surface area contributed by atoms with E-state index in [1.807, 2.05) is 0 Å². The Labute approximate surface area is 146 Å². The molecule has 0 aromatic heterocycles. The summed E-state index contributed by atoms with van der Waals surface area (Å²) in [6, 6.07) is 11.4. The average Bonchev–Trinajstić information content (AvgIpc) is 3.15. The Balaban J connectivity index is 1.51. The fraction of sp³-hybridized carbons (Fsp3) is 0.700. The zero-order valence-corrected chi connectivity index (χ0v) is 14.8. The quantitative estimate of drug-likeness (QED) is 0.791. The van der Waals surface area contributed by atoms with Gasteiger partial charge in [-0.2, -0.15) is 0 Å². The highest BCUT2D eigenvalue weighted by Gasteiger charge is 2.25. The molecule has 0 spiro atoms. The zero-order valence-electron chi connectivity index (χ0n) is 14.8. The van der Waals surface area contributed by atoms with E-state index in [0.29, 0.717) is 6.04 Å². The molecule has 1 heterocycles. The fourth-order valence-electron chi connectivity index (χ4n) is 4.02. The Morgan fingerprint density at radius 1 is 1.12 bits per heavy atom. The Morgan fingerprint density at radius 2 is 1.83 bits per heavy atom. The van der Waals surface area contributed by atoms with Crippen LogP contribution in [0.3, 0.4) is 0 Å². The molecule has 4 nitrogen and oxygen atoms in total. The second-order valence-electron chi connectivity index (χ2n) is 7.24. The number of ether oxygens (including phenoxy) is 1. The molecule has 24 heavy (non-hydrogen) atoms. The van der Waals surface area contributed by atoms with E-state index in [1.165, 1.54) is 31.2 Å². The normalized spacial score (nSPS) is 21.4. The number of aliphatic hydroxyl groups excluding tert-OH is 1. The SMILES string of the molecule is OC(CN1CCOCC1)CN(CCc1ccccc1)C1CCCC1. The van der Waals surface area contributed by atoms with Crippen molar-refractivity contribution >= 4 is 0 Å². The highest BCUT2D eigenvalue weighted by atomic mass is 16.5. The summed E-state index contributed by atoms with van der Waals surface area (Å²) in [4.78, 5) is 4.88. The van der Waals surface area contributed by atoms with Gasteiger partial charge in [0.1, 0.15) is 0 Å². The van der Waals surface area contributed by atoms with Gasteiger partial charge in [0.2, 0.25) is 0 Å². The molecular formula is C20H32N2O2. The summed E-state index contributed by atoms with van der Waals surface area (Å²) < 4.78 is 5.40. The van der Waals surface area contributed by atoms with Crippen molar-refractivity contribution < 1.29 is 9.84 Å². The number of nitrogens with zero attached hydrogens (tertiary/aromatic N) is 2. The summed E-state index contributed by atoms with van der Waals surface area (Å²) in [5.41, 5.74) is 1.39. The minimum atomic E-state index is -0.264. The van der Waals surface area contributed by atoms with Gasteiger partial charge in [-0.05, 0) is 24.8 Å². The molecule has 3 rings (SSSR count). The molecule has 1 aromatic rings. The van der Waals surface area contributed by atoms with Gasteiger partial charge in [-0.25, -0.2) is 0 Å². The molecular weight excluding hydrogens is 300 g/mol. The summed E-state index contributed by atoms with van der Waals surface area (Å²) in [7, 11) is 0. The van der Waals surface area contributed by atoms with Crippen LogP contribution in [0.25, 0.3) is 0 Å². The van der Waals surface area contributed by atoms with Gasteiger partial charge in [-0.15, -0.1) is 0 Å². The van der Waals surface area contributed by atoms with Crippen LogP contribution in [0, 0.1) is 0 Å². The van der Waals surface area contributed by atoms with Crippen LogP contribution in [0.2, 0.25) is 0 Å². The van der Waals surface area contributed by atoms with Gasteiger partial charge in [-0.1, -0.05) is 43.2 Å². The lowest BCUT2D eigenvalue weighted by molar-refractivity contribution is 0.00330. The molecule has 134 valence electrons. The first-order chi connectivity index (χ1) is 11.8. The molecule has 1 aliphatic heterocycles. The lowest BCUT2D eigenvalue weighted by Gasteiger charge is -2.34. The maximum absolute atomic E-state index is 10.6. The minimum absolute atomic E-state index is 0.264. The van der Waals surface area contributed by atoms with Crippen molar-refractivity contribution in [1.29, 1.82) is 0 Å². The zero-order chi connectivity index (χ0) is 16.6. The van der Waals surface area contributed by atoms with E-state index in [0.717, 1.165) is 52.4 Å². The summed E-state index contributed by atoms with van der Waals surface area (Å²) in [5, 5.41) is 10.6. The predicted octanol–water partition coefficient (Wildman–Crippen LogP) is 2.17. The number of aliphatic hydroxyl groups is 1. The van der Waals surface area contributed by atoms with Crippen LogP contribution < -0.4 is 0 Å². The first-order valence-electron chi connectivity index (χ1n) is 9.57. The number of morpholine rings is 1. The molecule has 0 amide bonds. The summed E-state index contributed by atoms with van der Waals surface area (Å²) in [6.07, 6.45) is 6.07. The molecule has 1 saturated heterocycles. The third-order valence-electron chi connectivity index (χ3n) is 5.39. The molecule has 1 atom stereocenters. The van der Waals surface area contributed by atoms with Crippen LogP contribution in [0.1, 0.15) is 31.2 Å². The number of hydrogen-bond acceptors (Lipinski definition) is 4. The topological polar surface area (TPSA) is 35.9 Å². The van der Waals surface area contributed by atoms with Crippen molar-refractivity contribution in [3.8, 4) is 0 Å². The van der Waals surface area contributed by atoms with Gasteiger partial charge in [0, 0.05) is 38.8 Å². The van der Waals surface area contributed by atoms with Crippen LogP contribution >= 0.6 is 0 Å². The van der Waals surface area contributed by atoms with E-state index < -0.39 is 0 Å². The van der Waals surface area contributed by atoms with Gasteiger partial charge in [0.15, 0.2) is 0 Å². The third-order valence-corrected chi connectivity index (χ3v) is 5.39. The van der Waals surface area contributed by atoms with E-state index in [9.17, 15) is 5.11 Å². The number of hydrogen-bond donors (Lipinski definition) is 1. The second-order valence-corrected chi connectivity index (χ2v) is 7.24. The molecule has 1 saturated carbocycles. The van der Waals surface area contributed by atoms with E-state index >= 15 is 0 Å². The highest BCUT2D eigenvalue weighted by Crippen LogP contribution is 2.24. The monoisotopic (exact) mass is 332 g/mol. The van der Waals surface area contributed by atoms with Crippen molar-refractivity contribution in [2.45, 2.75) is 44.2 Å². The number of benzene rings is 1. The minimum Gasteiger partial charge on any atom is -0.390 e. The summed E-state index contributed by atoms with van der Waals surface area (Å²) in [5.74, 6) is 0. The number of rotatable bonds is 8. The van der Waals surface area contributed by atoms with Gasteiger partial charge in [0.05, 0.1) is 19.3 Å². The van der Waals surface area contributed by atoms with Crippen molar-refractivity contribution in [3.63, 3.8) is 0 Å². The molecule has 2 aliphatic rings. The molecule has 0 radical (unpaired) electrons. The molecule has 0 bridgehead atoms. The average molecular weight is 332 g/mol. The van der Waals surface area contributed by atoms with Crippen molar-refractivity contribution in [2.75, 3.05) is 45.9 Å². The van der Waals surface area contributed by atoms with Crippen LogP contribution in [0.4, 0.5) is 0 Å². The first-order valence-corrected chi connectivity index (χ1v) is 9.57. The maximum atomic E-state index is 10.6. The maximum Gasteiger partial charge on any atom is 0.0793 e. The van der Waals surface area contributed by atoms with Crippen LogP contribution in [-0.4, -0.2) is 73.0 Å². The summed E-state index contributed by atoms with van der Waals surface area (Å²) in [6.45, 7) is 6.12. The first kappa shape index (κ1) is 17.9. The lowest BCUT2D eigenvalue weighted by atomic mass is 10.1. The fourth-order valence-corrected chi connectivity index (χ4v) is 4.02. The molecule has 4 heteroatoms. The van der Waals surface area contributed by atoms with Crippen molar-refractivity contribution in [1.82, 2.24) is 9.80 Å². The van der Waals surface area contributed by atoms with E-state index in [2.05, 4.69) is 40.1 Å². The smallest absolute Gasteiger partial charge is 0.0793 e. The van der Waals surface area contributed by atoms with Crippen LogP contribution in [0.15, 0.2) is 30.3 Å². The third kappa shape index (κ3) is 5.55. The molecule has 2 fully saturated rings. The largest absolute Gasteiger partial charge is 0.390 e. The van der Waals surface area contributed by atoms with Gasteiger partial charge >= 0.3 is 0 Å². The molecule has 1 N–H and O–H groups in total. The Morgan fingerprint density at radius 3 is 2.54 bits per heavy atom.